The molecule has 0 saturated heterocycles. The van der Waals surface area contributed by atoms with Gasteiger partial charge in [-0.2, -0.15) is 0 Å². The predicted octanol–water partition coefficient (Wildman–Crippen LogP) is 1.89. The van der Waals surface area contributed by atoms with E-state index in [-0.39, 0.29) is 24.4 Å². The molecule has 0 fully saturated rings. The van der Waals surface area contributed by atoms with Crippen molar-refractivity contribution in [3.05, 3.63) is 86.1 Å². The maximum Gasteiger partial charge on any atom is 0.333 e. The first-order valence-corrected chi connectivity index (χ1v) is 10.7. The molecule has 0 aliphatic carbocycles. The van der Waals surface area contributed by atoms with Crippen LogP contribution in [0.15, 0.2) is 52.3 Å². The molecule has 1 aromatic carbocycles. The standard InChI is InChI=1S/C24H27N5O4/c1-16-12-19(17(2)26(16)3)20(30)14-29-23(31)21-22(25-15-27(21)10-11-33-4)28(24(29)32)13-18-8-6-5-7-9-18/h5-9,12,15H,10-11,13-14H2,1-4H3. The molecular formula is C24H27N5O4. The van der Waals surface area contributed by atoms with Crippen LogP contribution in [-0.2, 0) is 31.4 Å². The topological polar surface area (TPSA) is 93.1 Å². The number of Topliss-reactive ketones (excluding diaryl/α,β-unsaturated/α-hetero) is 1. The zero-order valence-corrected chi connectivity index (χ0v) is 19.2. The van der Waals surface area contributed by atoms with Crippen LogP contribution < -0.4 is 11.2 Å². The molecule has 172 valence electrons. The summed E-state index contributed by atoms with van der Waals surface area (Å²) in [6.45, 7) is 4.42. The summed E-state index contributed by atoms with van der Waals surface area (Å²) in [4.78, 5) is 44.4. The molecule has 0 bridgehead atoms. The number of hydrogen-bond donors (Lipinski definition) is 0. The van der Waals surface area contributed by atoms with E-state index < -0.39 is 11.2 Å². The minimum atomic E-state index is -0.563. The van der Waals surface area contributed by atoms with Crippen LogP contribution in [0.2, 0.25) is 0 Å². The number of imidazole rings is 1. The third-order valence-electron chi connectivity index (χ3n) is 6.08. The molecule has 0 atom stereocenters. The van der Waals surface area contributed by atoms with Gasteiger partial charge in [0.05, 0.1) is 26.0 Å². The van der Waals surface area contributed by atoms with E-state index in [0.717, 1.165) is 21.5 Å². The molecule has 0 aliphatic heterocycles. The normalized spacial score (nSPS) is 11.4. The Hall–Kier alpha value is -3.72. The van der Waals surface area contributed by atoms with Gasteiger partial charge in [0.1, 0.15) is 0 Å². The van der Waals surface area contributed by atoms with Crippen molar-refractivity contribution in [3.63, 3.8) is 0 Å². The van der Waals surface area contributed by atoms with Gasteiger partial charge in [0.25, 0.3) is 5.56 Å². The van der Waals surface area contributed by atoms with Crippen LogP contribution in [0.4, 0.5) is 0 Å². The number of ketones is 1. The first-order valence-electron chi connectivity index (χ1n) is 10.7. The number of aryl methyl sites for hydroxylation is 1. The number of fused-ring (bicyclic) bond motifs is 1. The highest BCUT2D eigenvalue weighted by atomic mass is 16.5. The Bertz CT molecular complexity index is 1440. The van der Waals surface area contributed by atoms with Crippen molar-refractivity contribution in [2.75, 3.05) is 13.7 Å². The number of rotatable bonds is 8. The summed E-state index contributed by atoms with van der Waals surface area (Å²) in [6, 6.07) is 11.2. The lowest BCUT2D eigenvalue weighted by Gasteiger charge is -2.12. The highest BCUT2D eigenvalue weighted by Gasteiger charge is 2.22. The summed E-state index contributed by atoms with van der Waals surface area (Å²) < 4.78 is 11.2. The summed E-state index contributed by atoms with van der Waals surface area (Å²) in [5, 5.41) is 0. The molecular weight excluding hydrogens is 422 g/mol. The Morgan fingerprint density at radius 2 is 1.82 bits per heavy atom. The Labute approximate surface area is 190 Å². The van der Waals surface area contributed by atoms with Gasteiger partial charge in [-0.05, 0) is 25.5 Å². The fraction of sp³-hybridized carbons (Fsp3) is 0.333. The summed E-state index contributed by atoms with van der Waals surface area (Å²) >= 11 is 0. The molecule has 3 heterocycles. The molecule has 33 heavy (non-hydrogen) atoms. The monoisotopic (exact) mass is 449 g/mol. The number of carbonyl (C=O) groups is 1. The Morgan fingerprint density at radius 3 is 2.45 bits per heavy atom. The lowest BCUT2D eigenvalue weighted by atomic mass is 10.1. The second-order valence-corrected chi connectivity index (χ2v) is 8.12. The second kappa shape index (κ2) is 9.03. The molecule has 4 aromatic rings. The molecule has 4 rings (SSSR count). The van der Waals surface area contributed by atoms with Crippen molar-refractivity contribution >= 4 is 16.9 Å². The fourth-order valence-electron chi connectivity index (χ4n) is 4.01. The molecule has 9 nitrogen and oxygen atoms in total. The molecule has 0 radical (unpaired) electrons. The van der Waals surface area contributed by atoms with Crippen LogP contribution in [0.3, 0.4) is 0 Å². The van der Waals surface area contributed by atoms with E-state index >= 15 is 0 Å². The summed E-state index contributed by atoms with van der Waals surface area (Å²) in [7, 11) is 3.45. The van der Waals surface area contributed by atoms with Gasteiger partial charge < -0.3 is 13.9 Å². The van der Waals surface area contributed by atoms with E-state index in [0.29, 0.717) is 24.4 Å². The van der Waals surface area contributed by atoms with Crippen LogP contribution in [-0.4, -0.2) is 42.8 Å². The zero-order chi connectivity index (χ0) is 23.7. The van der Waals surface area contributed by atoms with Crippen molar-refractivity contribution in [1.29, 1.82) is 0 Å². The number of carbonyl (C=O) groups excluding carboxylic acids is 1. The molecule has 9 heteroatoms. The fourth-order valence-corrected chi connectivity index (χ4v) is 4.01. The highest BCUT2D eigenvalue weighted by Crippen LogP contribution is 2.15. The van der Waals surface area contributed by atoms with E-state index in [1.807, 2.05) is 55.8 Å². The van der Waals surface area contributed by atoms with Crippen molar-refractivity contribution in [3.8, 4) is 0 Å². The SMILES string of the molecule is COCCn1cnc2c1c(=O)n(CC(=O)c1cc(C)n(C)c1C)c(=O)n2Cc1ccccc1. The molecule has 0 amide bonds. The molecule has 0 N–H and O–H groups in total. The first kappa shape index (κ1) is 22.5. The summed E-state index contributed by atoms with van der Waals surface area (Å²) in [6.07, 6.45) is 1.53. The Morgan fingerprint density at radius 1 is 1.09 bits per heavy atom. The molecule has 0 unspecified atom stereocenters. The molecule has 0 saturated carbocycles. The van der Waals surface area contributed by atoms with Gasteiger partial charge in [-0.15, -0.1) is 0 Å². The van der Waals surface area contributed by atoms with Crippen LogP contribution in [0.25, 0.3) is 11.2 Å². The highest BCUT2D eigenvalue weighted by molar-refractivity contribution is 5.97. The largest absolute Gasteiger partial charge is 0.383 e. The van der Waals surface area contributed by atoms with Gasteiger partial charge in [0.2, 0.25) is 0 Å². The maximum absolute atomic E-state index is 13.4. The van der Waals surface area contributed by atoms with Gasteiger partial charge in [0, 0.05) is 37.7 Å². The number of hydrogen-bond acceptors (Lipinski definition) is 5. The number of benzene rings is 1. The number of ether oxygens (including phenoxy) is 1. The quantitative estimate of drug-likeness (QED) is 0.383. The van der Waals surface area contributed by atoms with Crippen molar-refractivity contribution in [2.24, 2.45) is 7.05 Å². The summed E-state index contributed by atoms with van der Waals surface area (Å²) in [5.41, 5.74) is 2.58. The number of nitrogens with zero attached hydrogens (tertiary/aromatic N) is 5. The minimum absolute atomic E-state index is 0.232. The van der Waals surface area contributed by atoms with Crippen LogP contribution in [0.1, 0.15) is 27.3 Å². The summed E-state index contributed by atoms with van der Waals surface area (Å²) in [5.74, 6) is -0.288. The first-order chi connectivity index (χ1) is 15.8. The Kier molecular flexibility index (Phi) is 6.15. The van der Waals surface area contributed by atoms with E-state index in [1.54, 1.807) is 17.7 Å². The van der Waals surface area contributed by atoms with Crippen molar-refractivity contribution in [1.82, 2.24) is 23.3 Å². The Balaban J connectivity index is 1.87. The van der Waals surface area contributed by atoms with Gasteiger partial charge in [-0.3, -0.25) is 18.7 Å². The average molecular weight is 450 g/mol. The average Bonchev–Trinajstić information content (AvgIpc) is 3.35. The van der Waals surface area contributed by atoms with E-state index in [1.165, 1.54) is 10.9 Å². The minimum Gasteiger partial charge on any atom is -0.383 e. The van der Waals surface area contributed by atoms with Gasteiger partial charge in [-0.1, -0.05) is 30.3 Å². The molecule has 0 spiro atoms. The number of methoxy groups -OCH3 is 1. The van der Waals surface area contributed by atoms with Crippen molar-refractivity contribution in [2.45, 2.75) is 33.5 Å². The van der Waals surface area contributed by atoms with Crippen LogP contribution >= 0.6 is 0 Å². The third-order valence-corrected chi connectivity index (χ3v) is 6.08. The second-order valence-electron chi connectivity index (χ2n) is 8.12. The van der Waals surface area contributed by atoms with Crippen LogP contribution in [0.5, 0.6) is 0 Å². The predicted molar refractivity (Wildman–Crippen MR) is 125 cm³/mol. The van der Waals surface area contributed by atoms with Gasteiger partial charge in [-0.25, -0.2) is 9.78 Å². The molecule has 0 aliphatic rings. The van der Waals surface area contributed by atoms with Crippen LogP contribution in [0, 0.1) is 13.8 Å². The van der Waals surface area contributed by atoms with Gasteiger partial charge >= 0.3 is 5.69 Å². The number of aromatic nitrogens is 5. The van der Waals surface area contributed by atoms with Gasteiger partial charge in [0.15, 0.2) is 16.9 Å². The lowest BCUT2D eigenvalue weighted by Crippen LogP contribution is -2.42. The smallest absolute Gasteiger partial charge is 0.333 e. The van der Waals surface area contributed by atoms with Crippen molar-refractivity contribution < 1.29 is 9.53 Å². The lowest BCUT2D eigenvalue weighted by molar-refractivity contribution is 0.0968. The molecule has 3 aromatic heterocycles. The third kappa shape index (κ3) is 4.07. The zero-order valence-electron chi connectivity index (χ0n) is 19.2. The van der Waals surface area contributed by atoms with E-state index in [4.69, 9.17) is 4.74 Å². The maximum atomic E-state index is 13.4. The van der Waals surface area contributed by atoms with E-state index in [9.17, 15) is 14.4 Å². The van der Waals surface area contributed by atoms with E-state index in [2.05, 4.69) is 4.98 Å².